The highest BCUT2D eigenvalue weighted by Gasteiger charge is 2.28. The fraction of sp³-hybridized carbons (Fsp3) is 0.462. The molecule has 0 aromatic heterocycles. The lowest BCUT2D eigenvalue weighted by atomic mass is 9.88. The summed E-state index contributed by atoms with van der Waals surface area (Å²) in [5, 5.41) is 4.08. The van der Waals surface area contributed by atoms with Crippen LogP contribution in [0.5, 0.6) is 0 Å². The van der Waals surface area contributed by atoms with E-state index in [0.717, 1.165) is 19.3 Å². The first-order valence-electron chi connectivity index (χ1n) is 6.30. The van der Waals surface area contributed by atoms with Crippen LogP contribution in [-0.2, 0) is 9.59 Å². The molecule has 5 nitrogen and oxygen atoms in total. The van der Waals surface area contributed by atoms with Gasteiger partial charge in [0.05, 0.1) is 0 Å². The maximum Gasteiger partial charge on any atom is 0.328 e. The topological polar surface area (TPSA) is 75.3 Å². The summed E-state index contributed by atoms with van der Waals surface area (Å²) < 4.78 is 0. The van der Waals surface area contributed by atoms with E-state index < -0.39 is 17.8 Å². The number of hydrogen-bond acceptors (Lipinski definition) is 3. The molecule has 1 saturated heterocycles. The van der Waals surface area contributed by atoms with Crippen molar-refractivity contribution >= 4 is 41.0 Å². The molecule has 2 fully saturated rings. The molecule has 2 N–H and O–H groups in total. The Balaban J connectivity index is 2.01. The van der Waals surface area contributed by atoms with Gasteiger partial charge < -0.3 is 0 Å². The third-order valence-electron chi connectivity index (χ3n) is 3.32. The van der Waals surface area contributed by atoms with E-state index in [0.29, 0.717) is 0 Å². The molecule has 4 amide bonds. The number of alkyl halides is 2. The van der Waals surface area contributed by atoms with Crippen molar-refractivity contribution in [3.63, 3.8) is 0 Å². The molecular formula is C13H14Cl2N2O3. The van der Waals surface area contributed by atoms with Crippen LogP contribution in [0.15, 0.2) is 23.8 Å². The molecule has 0 aromatic rings. The Morgan fingerprint density at radius 3 is 2.30 bits per heavy atom. The molecule has 7 heteroatoms. The average Bonchev–Trinajstić information content (AvgIpc) is 2.34. The third kappa shape index (κ3) is 3.61. The van der Waals surface area contributed by atoms with Crippen LogP contribution in [0, 0.1) is 5.92 Å². The summed E-state index contributed by atoms with van der Waals surface area (Å²) in [6, 6.07) is -0.803. The molecule has 0 spiro atoms. The standard InChI is InChI=1S/C13H14Cl2N2O3/c14-8-5-4-7(10(15)6-8)2-1-3-9-11(18)16-13(20)17-12(9)19/h1-3,7-8,10H,4-6H2,(H2,16,17,18,19,20)/b2-1+. The molecule has 1 heterocycles. The number of rotatable bonds is 2. The Labute approximate surface area is 126 Å². The summed E-state index contributed by atoms with van der Waals surface area (Å²) in [5.74, 6) is -1.23. The van der Waals surface area contributed by atoms with Crippen LogP contribution in [-0.4, -0.2) is 28.6 Å². The quantitative estimate of drug-likeness (QED) is 0.464. The second-order valence-corrected chi connectivity index (χ2v) is 5.97. The van der Waals surface area contributed by atoms with Crippen LogP contribution in [0.2, 0.25) is 0 Å². The number of amides is 4. The van der Waals surface area contributed by atoms with Gasteiger partial charge in [-0.05, 0) is 31.3 Å². The molecule has 0 aromatic carbocycles. The summed E-state index contributed by atoms with van der Waals surface area (Å²) in [7, 11) is 0. The van der Waals surface area contributed by atoms with Crippen LogP contribution >= 0.6 is 23.2 Å². The maximum atomic E-state index is 11.5. The fourth-order valence-corrected chi connectivity index (χ4v) is 3.06. The van der Waals surface area contributed by atoms with Gasteiger partial charge in [0, 0.05) is 10.8 Å². The van der Waals surface area contributed by atoms with Crippen LogP contribution in [0.1, 0.15) is 19.3 Å². The van der Waals surface area contributed by atoms with Crippen molar-refractivity contribution in [2.75, 3.05) is 0 Å². The second kappa shape index (κ2) is 6.41. The first kappa shape index (κ1) is 15.1. The summed E-state index contributed by atoms with van der Waals surface area (Å²) in [4.78, 5) is 33.8. The predicted octanol–water partition coefficient (Wildman–Crippen LogP) is 1.85. The highest BCUT2D eigenvalue weighted by molar-refractivity contribution is 6.29. The number of barbiturate groups is 1. The van der Waals surface area contributed by atoms with E-state index in [9.17, 15) is 14.4 Å². The molecule has 2 rings (SSSR count). The number of allylic oxidation sites excluding steroid dienone is 3. The van der Waals surface area contributed by atoms with E-state index in [1.807, 2.05) is 16.7 Å². The molecule has 1 saturated carbocycles. The Morgan fingerprint density at radius 1 is 1.05 bits per heavy atom. The smallest absolute Gasteiger partial charge is 0.273 e. The van der Waals surface area contributed by atoms with Gasteiger partial charge in [0.1, 0.15) is 5.57 Å². The minimum atomic E-state index is -0.803. The minimum Gasteiger partial charge on any atom is -0.273 e. The SMILES string of the molecule is O=C1NC(=O)C(=C/C=C/C2CCC(Cl)CC2Cl)C(=O)N1. The Kier molecular flexibility index (Phi) is 4.83. The number of halogens is 2. The molecule has 3 atom stereocenters. The second-order valence-electron chi connectivity index (χ2n) is 4.79. The van der Waals surface area contributed by atoms with Crippen LogP contribution in [0.25, 0.3) is 0 Å². The number of imide groups is 2. The lowest BCUT2D eigenvalue weighted by Gasteiger charge is -2.27. The van der Waals surface area contributed by atoms with Crippen LogP contribution < -0.4 is 10.6 Å². The van der Waals surface area contributed by atoms with Gasteiger partial charge in [-0.3, -0.25) is 20.2 Å². The fourth-order valence-electron chi connectivity index (χ4n) is 2.23. The van der Waals surface area contributed by atoms with Gasteiger partial charge >= 0.3 is 6.03 Å². The van der Waals surface area contributed by atoms with Crippen LogP contribution in [0.3, 0.4) is 0 Å². The first-order valence-corrected chi connectivity index (χ1v) is 7.18. The van der Waals surface area contributed by atoms with Gasteiger partial charge in [-0.15, -0.1) is 23.2 Å². The lowest BCUT2D eigenvalue weighted by molar-refractivity contribution is -0.124. The van der Waals surface area contributed by atoms with Gasteiger partial charge in [-0.25, -0.2) is 4.79 Å². The van der Waals surface area contributed by atoms with Gasteiger partial charge in [-0.1, -0.05) is 12.2 Å². The zero-order valence-corrected chi connectivity index (χ0v) is 12.1. The van der Waals surface area contributed by atoms with Crippen molar-refractivity contribution in [3.8, 4) is 0 Å². The maximum absolute atomic E-state index is 11.5. The monoisotopic (exact) mass is 316 g/mol. The molecule has 20 heavy (non-hydrogen) atoms. The van der Waals surface area contributed by atoms with Crippen molar-refractivity contribution < 1.29 is 14.4 Å². The Hall–Kier alpha value is -1.33. The normalized spacial score (nSPS) is 31.2. The van der Waals surface area contributed by atoms with E-state index in [4.69, 9.17) is 23.2 Å². The van der Waals surface area contributed by atoms with Gasteiger partial charge in [0.2, 0.25) is 0 Å². The first-order chi connectivity index (χ1) is 9.47. The van der Waals surface area contributed by atoms with Crippen molar-refractivity contribution in [2.45, 2.75) is 30.0 Å². The molecule has 0 bridgehead atoms. The van der Waals surface area contributed by atoms with E-state index in [1.165, 1.54) is 6.08 Å². The molecule has 2 aliphatic rings. The van der Waals surface area contributed by atoms with Crippen LogP contribution in [0.4, 0.5) is 4.79 Å². The number of nitrogens with one attached hydrogen (secondary N) is 2. The zero-order chi connectivity index (χ0) is 14.7. The van der Waals surface area contributed by atoms with Crippen molar-refractivity contribution in [1.82, 2.24) is 10.6 Å². The van der Waals surface area contributed by atoms with Gasteiger partial charge in [0.15, 0.2) is 0 Å². The molecular weight excluding hydrogens is 303 g/mol. The third-order valence-corrected chi connectivity index (χ3v) is 4.22. The number of urea groups is 1. The molecule has 1 aliphatic heterocycles. The summed E-state index contributed by atoms with van der Waals surface area (Å²) in [5.41, 5.74) is -0.0991. The number of carbonyl (C=O) groups excluding carboxylic acids is 3. The zero-order valence-electron chi connectivity index (χ0n) is 10.6. The van der Waals surface area contributed by atoms with Crippen molar-refractivity contribution in [3.05, 3.63) is 23.8 Å². The lowest BCUT2D eigenvalue weighted by Crippen LogP contribution is -2.51. The summed E-state index contributed by atoms with van der Waals surface area (Å²) in [6.45, 7) is 0. The van der Waals surface area contributed by atoms with Crippen molar-refractivity contribution in [2.24, 2.45) is 5.92 Å². The molecule has 0 radical (unpaired) electrons. The van der Waals surface area contributed by atoms with E-state index >= 15 is 0 Å². The molecule has 108 valence electrons. The van der Waals surface area contributed by atoms with E-state index in [2.05, 4.69) is 0 Å². The molecule has 1 aliphatic carbocycles. The number of carbonyl (C=O) groups is 3. The summed E-state index contributed by atoms with van der Waals surface area (Å²) in [6.07, 6.45) is 7.38. The average molecular weight is 317 g/mol. The Morgan fingerprint density at radius 2 is 1.70 bits per heavy atom. The van der Waals surface area contributed by atoms with E-state index in [-0.39, 0.29) is 22.2 Å². The highest BCUT2D eigenvalue weighted by atomic mass is 35.5. The Bertz CT molecular complexity index is 480. The minimum absolute atomic E-state index is 0.0449. The van der Waals surface area contributed by atoms with Crippen molar-refractivity contribution in [1.29, 1.82) is 0 Å². The summed E-state index contributed by atoms with van der Waals surface area (Å²) >= 11 is 12.2. The largest absolute Gasteiger partial charge is 0.328 e. The number of hydrogen-bond donors (Lipinski definition) is 2. The van der Waals surface area contributed by atoms with E-state index in [1.54, 1.807) is 6.08 Å². The highest BCUT2D eigenvalue weighted by Crippen LogP contribution is 2.32. The van der Waals surface area contributed by atoms with Gasteiger partial charge in [-0.2, -0.15) is 0 Å². The molecule has 3 unspecified atom stereocenters. The predicted molar refractivity (Wildman–Crippen MR) is 75.5 cm³/mol. The van der Waals surface area contributed by atoms with Gasteiger partial charge in [0.25, 0.3) is 11.8 Å².